The number of nitrogens with zero attached hydrogens (tertiary/aromatic N) is 4. The summed E-state index contributed by atoms with van der Waals surface area (Å²) in [4.78, 5) is 29.4. The highest BCUT2D eigenvalue weighted by atomic mass is 16.3. The molecule has 39 heavy (non-hydrogen) atoms. The number of aryl methyl sites for hydroxylation is 1. The van der Waals surface area contributed by atoms with Gasteiger partial charge in [0.25, 0.3) is 5.91 Å². The Bertz CT molecular complexity index is 1270. The van der Waals surface area contributed by atoms with Gasteiger partial charge in [0, 0.05) is 55.5 Å². The van der Waals surface area contributed by atoms with E-state index < -0.39 is 0 Å². The molecule has 1 N–H and O–H groups in total. The van der Waals surface area contributed by atoms with E-state index >= 15 is 0 Å². The molecule has 7 nitrogen and oxygen atoms in total. The fraction of sp³-hybridized carbons (Fsp3) is 0.469. The third kappa shape index (κ3) is 8.10. The summed E-state index contributed by atoms with van der Waals surface area (Å²) in [7, 11) is 1.75. The number of hydrogen-bond acceptors (Lipinski definition) is 5. The normalized spacial score (nSPS) is 14.3. The summed E-state index contributed by atoms with van der Waals surface area (Å²) in [5.41, 5.74) is 3.53. The molecule has 1 aromatic heterocycles. The molecule has 1 aliphatic heterocycles. The summed E-state index contributed by atoms with van der Waals surface area (Å²) in [5.74, 6) is 6.49. The van der Waals surface area contributed by atoms with Crippen molar-refractivity contribution in [1.29, 1.82) is 0 Å². The van der Waals surface area contributed by atoms with Gasteiger partial charge in [-0.15, -0.1) is 0 Å². The number of carbonyl (C=O) groups excluding carboxylic acids is 2. The van der Waals surface area contributed by atoms with Crippen LogP contribution in [0.1, 0.15) is 93.9 Å². The lowest BCUT2D eigenvalue weighted by molar-refractivity contribution is 0.0735. The minimum Gasteiger partial charge on any atom is -0.508 e. The van der Waals surface area contributed by atoms with E-state index in [1.165, 1.54) is 0 Å². The predicted octanol–water partition coefficient (Wildman–Crippen LogP) is 6.26. The summed E-state index contributed by atoms with van der Waals surface area (Å²) in [5, 5.41) is 15.2. The molecule has 2 aromatic rings. The second kappa shape index (κ2) is 13.8. The number of benzene rings is 1. The molecule has 0 atom stereocenters. The Morgan fingerprint density at radius 3 is 2.15 bits per heavy atom. The third-order valence-electron chi connectivity index (χ3n) is 6.27. The first-order valence-corrected chi connectivity index (χ1v) is 13.7. The van der Waals surface area contributed by atoms with Crippen LogP contribution in [0, 0.1) is 17.3 Å². The van der Waals surface area contributed by atoms with Crippen molar-refractivity contribution in [2.45, 2.75) is 61.8 Å². The first-order chi connectivity index (χ1) is 18.4. The number of carbonyl (C=O) groups is 2. The Morgan fingerprint density at radius 1 is 1.05 bits per heavy atom. The first-order valence-electron chi connectivity index (χ1n) is 13.7. The number of Topliss-reactive ketones (excluding diaryl/α,β-unsaturated/α-hetero) is 1. The van der Waals surface area contributed by atoms with E-state index in [1.807, 2.05) is 76.8 Å². The SMILES string of the molecule is CC.CC/C=C\C(O)=C(/C)c1nn(C)c(C(=O)N2CCN(c3ccc(C(C)=O)cc3)CC2)c1C#CC(C)(C)C. The number of piperazine rings is 1. The van der Waals surface area contributed by atoms with Crippen LogP contribution < -0.4 is 4.90 Å². The van der Waals surface area contributed by atoms with Gasteiger partial charge in [0.1, 0.15) is 17.1 Å². The molecular weight excluding hydrogens is 488 g/mol. The van der Waals surface area contributed by atoms with Crippen molar-refractivity contribution in [3.8, 4) is 11.8 Å². The van der Waals surface area contributed by atoms with Gasteiger partial charge in [-0.25, -0.2) is 0 Å². The summed E-state index contributed by atoms with van der Waals surface area (Å²) >= 11 is 0. The Hall–Kier alpha value is -3.79. The van der Waals surface area contributed by atoms with Gasteiger partial charge in [-0.3, -0.25) is 14.3 Å². The largest absolute Gasteiger partial charge is 0.508 e. The summed E-state index contributed by atoms with van der Waals surface area (Å²) in [6.07, 6.45) is 4.34. The van der Waals surface area contributed by atoms with Crippen molar-refractivity contribution >= 4 is 23.0 Å². The molecule has 2 heterocycles. The van der Waals surface area contributed by atoms with E-state index in [4.69, 9.17) is 0 Å². The minimum atomic E-state index is -0.265. The lowest BCUT2D eigenvalue weighted by Gasteiger charge is -2.36. The van der Waals surface area contributed by atoms with Crippen LogP contribution in [0.3, 0.4) is 0 Å². The summed E-state index contributed by atoms with van der Waals surface area (Å²) in [6, 6.07) is 7.59. The molecule has 3 rings (SSSR count). The number of amides is 1. The van der Waals surface area contributed by atoms with E-state index in [9.17, 15) is 14.7 Å². The van der Waals surface area contributed by atoms with Crippen LogP contribution >= 0.6 is 0 Å². The number of allylic oxidation sites excluding steroid dienone is 3. The highest BCUT2D eigenvalue weighted by Gasteiger charge is 2.29. The highest BCUT2D eigenvalue weighted by molar-refractivity contribution is 5.97. The van der Waals surface area contributed by atoms with E-state index in [0.29, 0.717) is 54.3 Å². The van der Waals surface area contributed by atoms with E-state index in [-0.39, 0.29) is 22.9 Å². The number of aromatic nitrogens is 2. The summed E-state index contributed by atoms with van der Waals surface area (Å²) < 4.78 is 1.58. The molecular formula is C32H44N4O3. The van der Waals surface area contributed by atoms with Crippen LogP contribution in [0.15, 0.2) is 42.2 Å². The van der Waals surface area contributed by atoms with Crippen LogP contribution in [0.25, 0.3) is 5.57 Å². The van der Waals surface area contributed by atoms with Gasteiger partial charge in [-0.05, 0) is 71.4 Å². The lowest BCUT2D eigenvalue weighted by Crippen LogP contribution is -2.49. The van der Waals surface area contributed by atoms with Crippen molar-refractivity contribution in [2.24, 2.45) is 12.5 Å². The number of ketones is 1. The summed E-state index contributed by atoms with van der Waals surface area (Å²) in [6.45, 7) is 17.9. The van der Waals surface area contributed by atoms with E-state index in [2.05, 4.69) is 21.8 Å². The number of anilines is 1. The quantitative estimate of drug-likeness (QED) is 0.205. The van der Waals surface area contributed by atoms with E-state index in [1.54, 1.807) is 31.7 Å². The second-order valence-corrected chi connectivity index (χ2v) is 10.4. The molecule has 7 heteroatoms. The zero-order valence-electron chi connectivity index (χ0n) is 25.1. The molecule has 210 valence electrons. The number of hydrogen-bond donors (Lipinski definition) is 1. The molecule has 1 aliphatic rings. The molecule has 0 spiro atoms. The van der Waals surface area contributed by atoms with Crippen LogP contribution in [-0.4, -0.2) is 57.7 Å². The molecule has 1 fully saturated rings. The topological polar surface area (TPSA) is 78.7 Å². The molecule has 1 saturated heterocycles. The van der Waals surface area contributed by atoms with Crippen LogP contribution in [0.5, 0.6) is 0 Å². The second-order valence-electron chi connectivity index (χ2n) is 10.4. The van der Waals surface area contributed by atoms with Crippen molar-refractivity contribution < 1.29 is 14.7 Å². The van der Waals surface area contributed by atoms with Crippen LogP contribution in [0.2, 0.25) is 0 Å². The molecule has 0 bridgehead atoms. The molecule has 0 radical (unpaired) electrons. The first kappa shape index (κ1) is 31.4. The maximum atomic E-state index is 13.8. The fourth-order valence-electron chi connectivity index (χ4n) is 4.10. The molecule has 0 saturated carbocycles. The standard InChI is InChI=1S/C30H38N4O3.C2H6/c1-8-9-10-26(36)21(2)27-25(15-16-30(4,5)6)28(32(7)31-27)29(37)34-19-17-33(18-20-34)24-13-11-23(12-14-24)22(3)35;1-2/h9-14,36H,8,17-20H2,1-7H3;1-2H3/b10-9-,26-21-;. The Balaban J connectivity index is 0.00000260. The van der Waals surface area contributed by atoms with Crippen LogP contribution in [-0.2, 0) is 7.05 Å². The van der Waals surface area contributed by atoms with Gasteiger partial charge >= 0.3 is 0 Å². The Morgan fingerprint density at radius 2 is 1.64 bits per heavy atom. The van der Waals surface area contributed by atoms with Crippen molar-refractivity contribution in [3.05, 3.63) is 64.7 Å². The minimum absolute atomic E-state index is 0.0441. The maximum absolute atomic E-state index is 13.8. The average Bonchev–Trinajstić information content (AvgIpc) is 3.26. The maximum Gasteiger partial charge on any atom is 0.273 e. The Labute approximate surface area is 234 Å². The highest BCUT2D eigenvalue weighted by Crippen LogP contribution is 2.26. The molecule has 0 unspecified atom stereocenters. The van der Waals surface area contributed by atoms with Gasteiger partial charge < -0.3 is 14.9 Å². The van der Waals surface area contributed by atoms with Gasteiger partial charge in [0.15, 0.2) is 5.78 Å². The Kier molecular flexibility index (Phi) is 11.2. The molecule has 0 aliphatic carbocycles. The van der Waals surface area contributed by atoms with Gasteiger partial charge in [0.2, 0.25) is 0 Å². The van der Waals surface area contributed by atoms with E-state index in [0.717, 1.165) is 12.1 Å². The smallest absolute Gasteiger partial charge is 0.273 e. The van der Waals surface area contributed by atoms with Crippen LogP contribution in [0.4, 0.5) is 5.69 Å². The van der Waals surface area contributed by atoms with Crippen molar-refractivity contribution in [2.75, 3.05) is 31.1 Å². The van der Waals surface area contributed by atoms with Gasteiger partial charge in [-0.1, -0.05) is 38.7 Å². The number of rotatable bonds is 6. The predicted molar refractivity (Wildman–Crippen MR) is 160 cm³/mol. The zero-order chi connectivity index (χ0) is 29.3. The molecule has 1 amide bonds. The van der Waals surface area contributed by atoms with Crippen molar-refractivity contribution in [1.82, 2.24) is 14.7 Å². The van der Waals surface area contributed by atoms with Gasteiger partial charge in [0.05, 0.1) is 5.56 Å². The van der Waals surface area contributed by atoms with Gasteiger partial charge in [-0.2, -0.15) is 5.10 Å². The third-order valence-corrected chi connectivity index (χ3v) is 6.27. The number of aliphatic hydroxyl groups is 1. The number of aliphatic hydroxyl groups excluding tert-OH is 1. The monoisotopic (exact) mass is 532 g/mol. The fourth-order valence-corrected chi connectivity index (χ4v) is 4.10. The van der Waals surface area contributed by atoms with Crippen molar-refractivity contribution in [3.63, 3.8) is 0 Å². The lowest BCUT2D eigenvalue weighted by atomic mass is 9.96. The average molecular weight is 533 g/mol. The molecule has 1 aromatic carbocycles. The zero-order valence-corrected chi connectivity index (χ0v) is 25.1.